The van der Waals surface area contributed by atoms with Gasteiger partial charge in [-0.2, -0.15) is 0 Å². The van der Waals surface area contributed by atoms with Gasteiger partial charge in [0.15, 0.2) is 0 Å². The Labute approximate surface area is 171 Å². The lowest BCUT2D eigenvalue weighted by molar-refractivity contribution is -0.136. The summed E-state index contributed by atoms with van der Waals surface area (Å²) >= 11 is 18.4. The zero-order valence-electron chi connectivity index (χ0n) is 14.4. The largest absolute Gasteiger partial charge is 0.465 e. The number of hydrogen-bond acceptors (Lipinski definition) is 3. The summed E-state index contributed by atoms with van der Waals surface area (Å²) in [5.74, 6) is -1.00. The molecule has 0 unspecified atom stereocenters. The molecule has 27 heavy (non-hydrogen) atoms. The number of carbonyl (C=O) groups excluding carboxylic acids is 2. The maximum atomic E-state index is 13.1. The molecule has 0 saturated carbocycles. The first kappa shape index (κ1) is 19.5. The molecule has 0 radical (unpaired) electrons. The Hall–Kier alpha value is -2.27. The monoisotopic (exact) mass is 421 g/mol. The molecule has 1 aliphatic heterocycles. The lowest BCUT2D eigenvalue weighted by Crippen LogP contribution is -2.24. The molecule has 0 saturated heterocycles. The summed E-state index contributed by atoms with van der Waals surface area (Å²) in [6.45, 7) is 1.67. The lowest BCUT2D eigenvalue weighted by Gasteiger charge is -2.18. The Kier molecular flexibility index (Phi) is 5.61. The van der Waals surface area contributed by atoms with E-state index in [9.17, 15) is 9.59 Å². The number of esters is 1. The van der Waals surface area contributed by atoms with Gasteiger partial charge in [-0.25, -0.2) is 4.79 Å². The highest BCUT2D eigenvalue weighted by Gasteiger charge is 2.38. The van der Waals surface area contributed by atoms with Crippen molar-refractivity contribution in [2.45, 2.75) is 6.92 Å². The quantitative estimate of drug-likeness (QED) is 0.483. The first-order valence-electron chi connectivity index (χ1n) is 7.90. The van der Waals surface area contributed by atoms with E-state index in [-0.39, 0.29) is 17.1 Å². The standard InChI is InChI=1S/C20H14Cl3NO3/c1-11-18(20(26)27-2)15(10-14-16(22)4-3-5-17(14)23)19(25)24(11)13-8-6-12(21)7-9-13/h3-10H,1-2H3/b15-10-. The van der Waals surface area contributed by atoms with Gasteiger partial charge in [-0.05, 0) is 49.4 Å². The van der Waals surface area contributed by atoms with E-state index in [4.69, 9.17) is 39.5 Å². The number of carbonyl (C=O) groups is 2. The van der Waals surface area contributed by atoms with Crippen LogP contribution >= 0.6 is 34.8 Å². The minimum atomic E-state index is -0.619. The van der Waals surface area contributed by atoms with E-state index in [1.807, 2.05) is 0 Å². The molecule has 0 spiro atoms. The summed E-state index contributed by atoms with van der Waals surface area (Å²) in [7, 11) is 1.26. The molecule has 0 N–H and O–H groups in total. The molecule has 0 atom stereocenters. The van der Waals surface area contributed by atoms with Crippen LogP contribution in [0.5, 0.6) is 0 Å². The second-order valence-corrected chi connectivity index (χ2v) is 7.01. The minimum Gasteiger partial charge on any atom is -0.465 e. The van der Waals surface area contributed by atoms with Crippen LogP contribution in [0.25, 0.3) is 6.08 Å². The molecule has 1 aliphatic rings. The Morgan fingerprint density at radius 3 is 2.19 bits per heavy atom. The molecule has 0 aromatic heterocycles. The van der Waals surface area contributed by atoms with Crippen LogP contribution in [-0.4, -0.2) is 19.0 Å². The Balaban J connectivity index is 2.19. The highest BCUT2D eigenvalue weighted by Crippen LogP contribution is 2.37. The third kappa shape index (κ3) is 3.61. The first-order valence-corrected chi connectivity index (χ1v) is 9.04. The number of methoxy groups -OCH3 is 1. The van der Waals surface area contributed by atoms with Crippen molar-refractivity contribution in [1.29, 1.82) is 0 Å². The van der Waals surface area contributed by atoms with E-state index in [0.29, 0.717) is 32.0 Å². The molecular weight excluding hydrogens is 409 g/mol. The summed E-state index contributed by atoms with van der Waals surface area (Å²) in [6.07, 6.45) is 1.51. The molecule has 2 aromatic rings. The number of anilines is 1. The van der Waals surface area contributed by atoms with Gasteiger partial charge in [0.2, 0.25) is 0 Å². The summed E-state index contributed by atoms with van der Waals surface area (Å²) in [6, 6.07) is 11.7. The fourth-order valence-electron chi connectivity index (χ4n) is 2.87. The highest BCUT2D eigenvalue weighted by molar-refractivity contribution is 6.37. The molecule has 0 fully saturated rings. The average Bonchev–Trinajstić information content (AvgIpc) is 2.88. The van der Waals surface area contributed by atoms with Crippen LogP contribution in [0.1, 0.15) is 12.5 Å². The van der Waals surface area contributed by atoms with Crippen molar-refractivity contribution in [2.24, 2.45) is 0 Å². The van der Waals surface area contributed by atoms with Crippen molar-refractivity contribution in [3.63, 3.8) is 0 Å². The van der Waals surface area contributed by atoms with Gasteiger partial charge in [-0.3, -0.25) is 9.69 Å². The number of rotatable bonds is 3. The van der Waals surface area contributed by atoms with E-state index in [0.717, 1.165) is 0 Å². The average molecular weight is 423 g/mol. The molecule has 3 rings (SSSR count). The number of hydrogen-bond donors (Lipinski definition) is 0. The second-order valence-electron chi connectivity index (χ2n) is 5.76. The minimum absolute atomic E-state index is 0.157. The zero-order valence-corrected chi connectivity index (χ0v) is 16.7. The SMILES string of the molecule is COC(=O)C1=C(C)N(c2ccc(Cl)cc2)C(=O)/C1=C\c1c(Cl)cccc1Cl. The normalized spacial score (nSPS) is 15.7. The zero-order chi connectivity index (χ0) is 19.7. The van der Waals surface area contributed by atoms with Crippen LogP contribution in [0.2, 0.25) is 15.1 Å². The summed E-state index contributed by atoms with van der Waals surface area (Å²) < 4.78 is 4.88. The third-order valence-electron chi connectivity index (χ3n) is 4.16. The first-order chi connectivity index (χ1) is 12.8. The van der Waals surface area contributed by atoms with Gasteiger partial charge in [-0.1, -0.05) is 40.9 Å². The third-order valence-corrected chi connectivity index (χ3v) is 5.07. The number of amides is 1. The Morgan fingerprint density at radius 2 is 1.63 bits per heavy atom. The van der Waals surface area contributed by atoms with Crippen LogP contribution in [0, 0.1) is 0 Å². The van der Waals surface area contributed by atoms with E-state index >= 15 is 0 Å². The van der Waals surface area contributed by atoms with Crippen LogP contribution in [-0.2, 0) is 14.3 Å². The summed E-state index contributed by atoms with van der Waals surface area (Å²) in [4.78, 5) is 27.0. The fourth-order valence-corrected chi connectivity index (χ4v) is 3.51. The van der Waals surface area contributed by atoms with Crippen molar-refractivity contribution < 1.29 is 14.3 Å². The van der Waals surface area contributed by atoms with Gasteiger partial charge in [-0.15, -0.1) is 0 Å². The summed E-state index contributed by atoms with van der Waals surface area (Å²) in [5.41, 5.74) is 1.80. The van der Waals surface area contributed by atoms with Gasteiger partial charge in [0.05, 0.1) is 18.3 Å². The van der Waals surface area contributed by atoms with E-state index < -0.39 is 5.97 Å². The van der Waals surface area contributed by atoms with Gasteiger partial charge in [0.25, 0.3) is 5.91 Å². The maximum absolute atomic E-state index is 13.1. The fraction of sp³-hybridized carbons (Fsp3) is 0.100. The second kappa shape index (κ2) is 7.77. The molecule has 138 valence electrons. The van der Waals surface area contributed by atoms with Crippen molar-refractivity contribution in [3.05, 3.63) is 79.9 Å². The molecule has 1 amide bonds. The van der Waals surface area contributed by atoms with Gasteiger partial charge < -0.3 is 4.74 Å². The number of allylic oxidation sites excluding steroid dienone is 1. The predicted octanol–water partition coefficient (Wildman–Crippen LogP) is 5.52. The van der Waals surface area contributed by atoms with E-state index in [2.05, 4.69) is 0 Å². The van der Waals surface area contributed by atoms with Crippen LogP contribution in [0.15, 0.2) is 59.3 Å². The smallest absolute Gasteiger partial charge is 0.340 e. The molecule has 2 aromatic carbocycles. The van der Waals surface area contributed by atoms with Crippen LogP contribution < -0.4 is 4.90 Å². The van der Waals surface area contributed by atoms with Crippen molar-refractivity contribution in [1.82, 2.24) is 0 Å². The number of ether oxygens (including phenoxy) is 1. The molecule has 1 heterocycles. The van der Waals surface area contributed by atoms with Crippen molar-refractivity contribution in [3.8, 4) is 0 Å². The topological polar surface area (TPSA) is 46.6 Å². The van der Waals surface area contributed by atoms with Gasteiger partial charge in [0.1, 0.15) is 0 Å². The van der Waals surface area contributed by atoms with Gasteiger partial charge in [0, 0.05) is 32.0 Å². The van der Waals surface area contributed by atoms with E-state index in [1.165, 1.54) is 18.1 Å². The highest BCUT2D eigenvalue weighted by atomic mass is 35.5. The van der Waals surface area contributed by atoms with Crippen molar-refractivity contribution >= 4 is 58.4 Å². The van der Waals surface area contributed by atoms with Crippen LogP contribution in [0.3, 0.4) is 0 Å². The lowest BCUT2D eigenvalue weighted by atomic mass is 10.0. The van der Waals surface area contributed by atoms with E-state index in [1.54, 1.807) is 49.4 Å². The number of nitrogens with zero attached hydrogens (tertiary/aromatic N) is 1. The number of halogens is 3. The van der Waals surface area contributed by atoms with Crippen molar-refractivity contribution in [2.75, 3.05) is 12.0 Å². The predicted molar refractivity (Wildman–Crippen MR) is 108 cm³/mol. The molecule has 0 bridgehead atoms. The van der Waals surface area contributed by atoms with Crippen LogP contribution in [0.4, 0.5) is 5.69 Å². The number of benzene rings is 2. The molecule has 4 nitrogen and oxygen atoms in total. The molecular formula is C20H14Cl3NO3. The summed E-state index contributed by atoms with van der Waals surface area (Å²) in [5, 5.41) is 1.28. The molecule has 7 heteroatoms. The van der Waals surface area contributed by atoms with Gasteiger partial charge >= 0.3 is 5.97 Å². The Bertz CT molecular complexity index is 974. The Morgan fingerprint density at radius 1 is 1.04 bits per heavy atom. The molecule has 0 aliphatic carbocycles. The maximum Gasteiger partial charge on any atom is 0.340 e.